The summed E-state index contributed by atoms with van der Waals surface area (Å²) in [4.78, 5) is 11.9. The van der Waals surface area contributed by atoms with Gasteiger partial charge < -0.3 is 5.11 Å². The topological polar surface area (TPSA) is 37.3 Å². The third-order valence-electron chi connectivity index (χ3n) is 5.98. The summed E-state index contributed by atoms with van der Waals surface area (Å²) in [5.41, 5.74) is 2.19. The number of carboxylic acids is 1. The van der Waals surface area contributed by atoms with Crippen LogP contribution in [-0.4, -0.2) is 11.1 Å². The molecule has 3 rings (SSSR count). The molecule has 1 aromatic rings. The van der Waals surface area contributed by atoms with Crippen LogP contribution in [-0.2, 0) is 10.2 Å². The molecular weight excluding hydrogens is 272 g/mol. The molecule has 0 amide bonds. The molecule has 0 spiro atoms. The molecule has 22 heavy (non-hydrogen) atoms. The molecule has 2 aliphatic rings. The fraction of sp³-hybridized carbons (Fsp3) is 0.650. The number of rotatable bonds is 3. The predicted molar refractivity (Wildman–Crippen MR) is 89.2 cm³/mol. The van der Waals surface area contributed by atoms with E-state index < -0.39 is 11.4 Å². The van der Waals surface area contributed by atoms with Crippen LogP contribution in [0.15, 0.2) is 24.3 Å². The Labute approximate surface area is 133 Å². The monoisotopic (exact) mass is 300 g/mol. The Hall–Kier alpha value is -1.31. The number of benzene rings is 1. The zero-order chi connectivity index (χ0) is 15.8. The van der Waals surface area contributed by atoms with E-state index in [1.807, 2.05) is 6.07 Å². The highest BCUT2D eigenvalue weighted by Crippen LogP contribution is 2.46. The minimum atomic E-state index is -0.633. The van der Waals surface area contributed by atoms with Crippen LogP contribution in [0.25, 0.3) is 0 Å². The Morgan fingerprint density at radius 1 is 1.14 bits per heavy atom. The molecule has 2 nitrogen and oxygen atoms in total. The third-order valence-corrected chi connectivity index (χ3v) is 5.98. The molecule has 2 aliphatic carbocycles. The van der Waals surface area contributed by atoms with E-state index in [2.05, 4.69) is 32.0 Å². The molecule has 0 saturated heterocycles. The Morgan fingerprint density at radius 3 is 2.50 bits per heavy atom. The number of carbonyl (C=O) groups is 1. The van der Waals surface area contributed by atoms with E-state index in [0.717, 1.165) is 31.2 Å². The summed E-state index contributed by atoms with van der Waals surface area (Å²) in [5, 5.41) is 9.80. The van der Waals surface area contributed by atoms with E-state index in [9.17, 15) is 9.90 Å². The van der Waals surface area contributed by atoms with Gasteiger partial charge in [0.15, 0.2) is 0 Å². The summed E-state index contributed by atoms with van der Waals surface area (Å²) in [5.74, 6) is -0.0397. The molecule has 1 aromatic carbocycles. The van der Waals surface area contributed by atoms with Gasteiger partial charge in [-0.05, 0) is 54.6 Å². The van der Waals surface area contributed by atoms with Gasteiger partial charge in [-0.2, -0.15) is 0 Å². The van der Waals surface area contributed by atoms with Gasteiger partial charge in [0.05, 0.1) is 5.41 Å². The van der Waals surface area contributed by atoms with Gasteiger partial charge in [-0.15, -0.1) is 0 Å². The smallest absolute Gasteiger partial charge is 0.314 e. The molecule has 1 atom stereocenters. The standard InChI is InChI=1S/C20H28O2/c1-19(2)10-6-8-16(14-19)15-7-5-9-17(13-15)20(18(21)22)11-3-4-12-20/h5,7,9,13,16H,3-4,6,8,10-12,14H2,1-2H3,(H,21,22). The number of aliphatic carboxylic acids is 1. The maximum atomic E-state index is 11.9. The van der Waals surface area contributed by atoms with E-state index in [0.29, 0.717) is 11.3 Å². The van der Waals surface area contributed by atoms with Crippen molar-refractivity contribution >= 4 is 5.97 Å². The van der Waals surface area contributed by atoms with Gasteiger partial charge in [-0.1, -0.05) is 57.4 Å². The van der Waals surface area contributed by atoms with Crippen LogP contribution in [0, 0.1) is 5.41 Å². The van der Waals surface area contributed by atoms with Crippen LogP contribution in [0.5, 0.6) is 0 Å². The Morgan fingerprint density at radius 2 is 1.86 bits per heavy atom. The summed E-state index contributed by atoms with van der Waals surface area (Å²) in [7, 11) is 0. The van der Waals surface area contributed by atoms with Gasteiger partial charge in [0, 0.05) is 0 Å². The molecule has 2 fully saturated rings. The van der Waals surface area contributed by atoms with Crippen molar-refractivity contribution in [1.29, 1.82) is 0 Å². The lowest BCUT2D eigenvalue weighted by Crippen LogP contribution is -2.32. The number of hydrogen-bond donors (Lipinski definition) is 1. The zero-order valence-corrected chi connectivity index (χ0v) is 13.9. The van der Waals surface area contributed by atoms with Crippen LogP contribution >= 0.6 is 0 Å². The van der Waals surface area contributed by atoms with E-state index in [1.165, 1.54) is 31.2 Å². The van der Waals surface area contributed by atoms with E-state index >= 15 is 0 Å². The quantitative estimate of drug-likeness (QED) is 0.826. The van der Waals surface area contributed by atoms with Crippen LogP contribution < -0.4 is 0 Å². The predicted octanol–water partition coefficient (Wildman–Crippen LogP) is 5.27. The van der Waals surface area contributed by atoms with Gasteiger partial charge in [0.1, 0.15) is 0 Å². The molecule has 1 N–H and O–H groups in total. The van der Waals surface area contributed by atoms with E-state index in [4.69, 9.17) is 0 Å². The second-order valence-electron chi connectivity index (χ2n) is 8.18. The van der Waals surface area contributed by atoms with Crippen LogP contribution in [0.4, 0.5) is 0 Å². The highest BCUT2D eigenvalue weighted by Gasteiger charge is 2.43. The summed E-state index contributed by atoms with van der Waals surface area (Å²) < 4.78 is 0. The van der Waals surface area contributed by atoms with Crippen molar-refractivity contribution in [3.05, 3.63) is 35.4 Å². The van der Waals surface area contributed by atoms with E-state index in [1.54, 1.807) is 0 Å². The van der Waals surface area contributed by atoms with Crippen molar-refractivity contribution < 1.29 is 9.90 Å². The first kappa shape index (κ1) is 15.6. The molecule has 2 heteroatoms. The van der Waals surface area contributed by atoms with Gasteiger partial charge in [-0.25, -0.2) is 0 Å². The average molecular weight is 300 g/mol. The molecular formula is C20H28O2. The summed E-state index contributed by atoms with van der Waals surface area (Å²) in [6.45, 7) is 4.72. The lowest BCUT2D eigenvalue weighted by molar-refractivity contribution is -0.143. The maximum Gasteiger partial charge on any atom is 0.314 e. The molecule has 0 bridgehead atoms. The van der Waals surface area contributed by atoms with Crippen molar-refractivity contribution in [2.75, 3.05) is 0 Å². The maximum absolute atomic E-state index is 11.9. The summed E-state index contributed by atoms with van der Waals surface area (Å²) >= 11 is 0. The Balaban J connectivity index is 1.91. The fourth-order valence-electron chi connectivity index (χ4n) is 4.68. The number of hydrogen-bond acceptors (Lipinski definition) is 1. The third kappa shape index (κ3) is 2.80. The lowest BCUT2D eigenvalue weighted by atomic mass is 9.69. The van der Waals surface area contributed by atoms with Gasteiger partial charge in [0.25, 0.3) is 0 Å². The van der Waals surface area contributed by atoms with Crippen molar-refractivity contribution in [3.8, 4) is 0 Å². The highest BCUT2D eigenvalue weighted by molar-refractivity contribution is 5.81. The molecule has 0 radical (unpaired) electrons. The minimum absolute atomic E-state index is 0.413. The molecule has 0 heterocycles. The lowest BCUT2D eigenvalue weighted by Gasteiger charge is -2.36. The molecule has 0 aromatic heterocycles. The molecule has 0 aliphatic heterocycles. The molecule has 1 unspecified atom stereocenters. The van der Waals surface area contributed by atoms with Crippen LogP contribution in [0.3, 0.4) is 0 Å². The summed E-state index contributed by atoms with van der Waals surface area (Å²) in [6, 6.07) is 8.54. The minimum Gasteiger partial charge on any atom is -0.481 e. The van der Waals surface area contributed by atoms with Gasteiger partial charge in [-0.3, -0.25) is 4.79 Å². The first-order valence-corrected chi connectivity index (χ1v) is 8.77. The van der Waals surface area contributed by atoms with Crippen molar-refractivity contribution in [2.24, 2.45) is 5.41 Å². The second-order valence-corrected chi connectivity index (χ2v) is 8.18. The molecule has 120 valence electrons. The molecule has 2 saturated carbocycles. The Kier molecular flexibility index (Phi) is 4.05. The fourth-order valence-corrected chi connectivity index (χ4v) is 4.68. The average Bonchev–Trinajstić information content (AvgIpc) is 2.97. The zero-order valence-electron chi connectivity index (χ0n) is 13.9. The number of carboxylic acid groups (broad SMARTS) is 1. The highest BCUT2D eigenvalue weighted by atomic mass is 16.4. The van der Waals surface area contributed by atoms with Gasteiger partial charge >= 0.3 is 5.97 Å². The first-order valence-electron chi connectivity index (χ1n) is 8.77. The normalized spacial score (nSPS) is 26.7. The summed E-state index contributed by atoms with van der Waals surface area (Å²) in [6.07, 6.45) is 8.71. The van der Waals surface area contributed by atoms with Crippen molar-refractivity contribution in [1.82, 2.24) is 0 Å². The van der Waals surface area contributed by atoms with Crippen LogP contribution in [0.2, 0.25) is 0 Å². The largest absolute Gasteiger partial charge is 0.481 e. The Bertz CT molecular complexity index is 553. The van der Waals surface area contributed by atoms with E-state index in [-0.39, 0.29) is 0 Å². The second kappa shape index (κ2) is 5.72. The first-order chi connectivity index (χ1) is 10.4. The van der Waals surface area contributed by atoms with Crippen LogP contribution in [0.1, 0.15) is 82.3 Å². The SMILES string of the molecule is CC1(C)CCCC(c2cccc(C3(C(=O)O)CCCC3)c2)C1. The van der Waals surface area contributed by atoms with Crippen molar-refractivity contribution in [3.63, 3.8) is 0 Å². The van der Waals surface area contributed by atoms with Crippen molar-refractivity contribution in [2.45, 2.75) is 76.5 Å². The van der Waals surface area contributed by atoms with Gasteiger partial charge in [0.2, 0.25) is 0 Å².